The molecule has 6 aliphatic rings. The van der Waals surface area contributed by atoms with Crippen LogP contribution in [0.1, 0.15) is 12.5 Å². The molecular weight excluding hydrogens is 1520 g/mol. The molecule has 0 bridgehead atoms. The number of nitrogen functional groups attached to an aromatic ring is 4. The molecule has 24 N–H and O–H groups in total. The van der Waals surface area contributed by atoms with Crippen molar-refractivity contribution in [3.8, 4) is 0 Å². The number of aliphatic hydroxyl groups is 4. The molecule has 0 spiro atoms. The van der Waals surface area contributed by atoms with Gasteiger partial charge in [-0.15, -0.1) is 0 Å². The number of aliphatic hydroxyl groups excluding tert-OH is 4. The van der Waals surface area contributed by atoms with E-state index in [9.17, 15) is 77.4 Å². The van der Waals surface area contributed by atoms with Gasteiger partial charge in [-0.1, -0.05) is 0 Å². The van der Waals surface area contributed by atoms with Crippen LogP contribution in [0.2, 0.25) is 0 Å². The number of nitrogens with zero attached hydrogens (tertiary/aromatic N) is 8. The second-order valence-electron chi connectivity index (χ2n) is 20.3. The first-order chi connectivity index (χ1) is 44.1. The maximum Gasteiger partial charge on any atom is 4.00 e. The van der Waals surface area contributed by atoms with Crippen LogP contribution < -0.4 is 66.4 Å². The van der Waals surface area contributed by atoms with Crippen molar-refractivity contribution in [3.05, 3.63) is 73.7 Å². The Morgan fingerprint density at radius 2 is 0.800 bits per heavy atom. The summed E-state index contributed by atoms with van der Waals surface area (Å²) in [5.41, 5.74) is 19.4. The van der Waals surface area contributed by atoms with Crippen molar-refractivity contribution in [2.24, 2.45) is 0 Å². The maximum atomic E-state index is 12.6. The molecule has 12 heterocycles. The second kappa shape index (κ2) is 27.4. The number of fused-ring (bicyclic) bond motifs is 6. The number of phosphoric ester groups is 4. The van der Waals surface area contributed by atoms with Crippen molar-refractivity contribution >= 4 is 151 Å². The van der Waals surface area contributed by atoms with E-state index < -0.39 is 166 Å². The molecule has 0 aliphatic carbocycles. The number of nitrogens with one attached hydrogen (secondary N) is 8. The van der Waals surface area contributed by atoms with Crippen molar-refractivity contribution in [2.45, 2.75) is 85.8 Å². The largest absolute Gasteiger partial charge is 4.00 e. The van der Waals surface area contributed by atoms with Crippen molar-refractivity contribution in [1.29, 1.82) is 0 Å². The fourth-order valence-corrected chi connectivity index (χ4v) is 15.1. The van der Waals surface area contributed by atoms with Gasteiger partial charge in [0.05, 0.1) is 63.4 Å². The molecule has 0 amide bonds. The van der Waals surface area contributed by atoms with Crippen LogP contribution in [0.5, 0.6) is 0 Å². The minimum absolute atomic E-state index is 0. The Balaban J connectivity index is 0.000000205. The van der Waals surface area contributed by atoms with Crippen LogP contribution in [0, 0.1) is 0 Å². The normalized spacial score (nSPS) is 29.4. The average molecular weight is 1570 g/mol. The van der Waals surface area contributed by atoms with Crippen LogP contribution in [-0.4, -0.2) is 199 Å². The van der Waals surface area contributed by atoms with Crippen LogP contribution in [-0.2, 0) is 136 Å². The predicted octanol–water partition coefficient (Wildman–Crippen LogP) is -5.66. The quantitative estimate of drug-likeness (QED) is 0.0217. The zero-order chi connectivity index (χ0) is 68.0. The topological polar surface area (TPSA) is 693 Å². The average Bonchev–Trinajstić information content (AvgIpc) is 1.63. The first-order valence-electron chi connectivity index (χ1n) is 26.2. The molecule has 0 aromatic carbocycles. The molecule has 95 heavy (non-hydrogen) atoms. The Morgan fingerprint density at radius 3 is 1.16 bits per heavy atom. The predicted molar refractivity (Wildman–Crippen MR) is 324 cm³/mol. The summed E-state index contributed by atoms with van der Waals surface area (Å²) in [6.07, 6.45) is -14.8. The molecule has 2 saturated heterocycles. The summed E-state index contributed by atoms with van der Waals surface area (Å²) < 4.78 is 103. The van der Waals surface area contributed by atoms with Gasteiger partial charge < -0.3 is 154 Å². The first kappa shape index (κ1) is 71.9. The Morgan fingerprint density at radius 1 is 0.474 bits per heavy atom. The summed E-state index contributed by atoms with van der Waals surface area (Å²) in [6.45, 7) is -3.43. The van der Waals surface area contributed by atoms with Crippen molar-refractivity contribution in [3.63, 3.8) is 0 Å². The van der Waals surface area contributed by atoms with Gasteiger partial charge in [0.25, 0.3) is 22.2 Å². The molecule has 55 heteroatoms. The van der Waals surface area contributed by atoms with Gasteiger partial charge in [-0.2, -0.15) is 48.2 Å². The SMILES string of the molecule is Nc1nc2c(c(=O)[nH]1)NC1C([S-])=C([S-])C(COP(=O)(O)OP(=O)(O)OCC3O[C@@H](n4cnc5c(=O)[nH]c(N)nc54)[C@H](O)[C@@H]3O)OC1N2.Nc1nc2c(c(=O)[nH]1)NC1C([S-])=C([S-])C(COP(=O)(O)OP(=O)(O)OCC3O[C@@H](n4cnc5c(=O)[nH]c(N)nc54)[C@H](O)[C@@H]3O)OC1N2.[Mo+4]. The van der Waals surface area contributed by atoms with E-state index in [4.69, 9.17) is 110 Å². The molecule has 2 fully saturated rings. The molecule has 0 saturated carbocycles. The van der Waals surface area contributed by atoms with Crippen molar-refractivity contribution in [2.75, 3.05) is 70.6 Å². The second-order valence-corrected chi connectivity index (χ2v) is 28.1. The molecule has 6 aromatic rings. The molecule has 6 aromatic heterocycles. The van der Waals surface area contributed by atoms with E-state index in [1.807, 2.05) is 0 Å². The number of hydrogen-bond acceptors (Lipinski definition) is 40. The number of H-pyrrole nitrogens is 4. The van der Waals surface area contributed by atoms with E-state index in [1.165, 1.54) is 0 Å². The van der Waals surface area contributed by atoms with Gasteiger partial charge in [-0.05, 0) is 0 Å². The summed E-state index contributed by atoms with van der Waals surface area (Å²) >= 11 is 21.4. The third-order valence-electron chi connectivity index (χ3n) is 14.0. The standard InChI is InChI=1S/2C20H26N10O13P2S2.Mo/c2*21-19-26-13-7(15(33)28-19)24-6-12(47)11(46)5(41-17(6)25-13)2-40-45(37,38)43-44(35,36)39-1-4-9(31)10(32)18(42-4)30-3-23-8-14(30)27-20(22)29-16(8)34;/h2*3-6,9-10,17-18,24,31-32,46-47H,1-2H2,(H,35,36)(H,37,38)(H3,22,27,29,34)(H4,21,25,26,28,33);/q;;+4/p-4/t2*4?,5?,6?,9-,10-,17?,18-;/m11./s1. The molecule has 18 atom stereocenters. The number of aromatic nitrogens is 12. The van der Waals surface area contributed by atoms with Crippen molar-refractivity contribution < 1.29 is 125 Å². The van der Waals surface area contributed by atoms with Gasteiger partial charge in [-0.25, -0.2) is 28.2 Å². The summed E-state index contributed by atoms with van der Waals surface area (Å²) in [7, 11) is -21.5. The number of aromatic amines is 4. The van der Waals surface area contributed by atoms with Gasteiger partial charge in [0.1, 0.15) is 48.0 Å². The van der Waals surface area contributed by atoms with Gasteiger partial charge in [0.15, 0.2) is 58.9 Å². The van der Waals surface area contributed by atoms with Crippen LogP contribution in [0.25, 0.3) is 22.3 Å². The Hall–Kier alpha value is -5.89. The number of anilines is 8. The van der Waals surface area contributed by atoms with E-state index >= 15 is 0 Å². The van der Waals surface area contributed by atoms with Gasteiger partial charge in [0, 0.05) is 0 Å². The Labute approximate surface area is 562 Å². The van der Waals surface area contributed by atoms with E-state index in [0.717, 1.165) is 21.8 Å². The first-order valence-corrected chi connectivity index (χ1v) is 33.8. The summed E-state index contributed by atoms with van der Waals surface area (Å²) in [5, 5.41) is 53.4. The van der Waals surface area contributed by atoms with E-state index in [2.05, 4.69) is 79.7 Å². The monoisotopic (exact) mass is 1570 g/mol. The van der Waals surface area contributed by atoms with Crippen molar-refractivity contribution in [1.82, 2.24) is 59.0 Å². The molecule has 6 aliphatic heterocycles. The number of phosphoric acid groups is 4. The third-order valence-corrected chi connectivity index (χ3v) is 21.4. The van der Waals surface area contributed by atoms with E-state index in [1.54, 1.807) is 0 Å². The van der Waals surface area contributed by atoms with Crippen LogP contribution in [0.4, 0.5) is 46.8 Å². The van der Waals surface area contributed by atoms with Crippen LogP contribution >= 0.6 is 31.3 Å². The zero-order valence-electron chi connectivity index (χ0n) is 46.7. The Bertz CT molecular complexity index is 4240. The van der Waals surface area contributed by atoms with E-state index in [0.29, 0.717) is 0 Å². The van der Waals surface area contributed by atoms with Gasteiger partial charge in [0.2, 0.25) is 23.8 Å². The molecule has 0 radical (unpaired) electrons. The number of nitrogens with two attached hydrogens (primary N) is 4. The van der Waals surface area contributed by atoms with Crippen LogP contribution in [0.15, 0.2) is 51.5 Å². The zero-order valence-corrected chi connectivity index (χ0v) is 55.6. The fraction of sp³-hybridized carbons (Fsp3) is 0.450. The smallest absolute Gasteiger partial charge is 0.783 e. The minimum Gasteiger partial charge on any atom is -0.783 e. The van der Waals surface area contributed by atoms with Gasteiger partial charge in [-0.3, -0.25) is 66.3 Å². The maximum absolute atomic E-state index is 12.6. The fourth-order valence-electron chi connectivity index (χ4n) is 9.79. The van der Waals surface area contributed by atoms with Crippen LogP contribution in [0.3, 0.4) is 0 Å². The number of imidazole rings is 2. The third kappa shape index (κ3) is 15.1. The molecular formula is C40H48MoN20O26P4S4. The summed E-state index contributed by atoms with van der Waals surface area (Å²) in [4.78, 5) is 122. The Kier molecular flexibility index (Phi) is 20.8. The number of ether oxygens (including phenoxy) is 4. The summed E-state index contributed by atoms with van der Waals surface area (Å²) in [6, 6.07) is -1.63. The van der Waals surface area contributed by atoms with E-state index in [-0.39, 0.29) is 110 Å². The molecule has 12 rings (SSSR count). The molecule has 12 unspecified atom stereocenters. The summed E-state index contributed by atoms with van der Waals surface area (Å²) in [5.74, 6) is -0.790. The minimum atomic E-state index is -5.39. The molecule has 46 nitrogen and oxygen atoms in total. The number of rotatable bonds is 18. The van der Waals surface area contributed by atoms with Gasteiger partial charge >= 0.3 is 52.4 Å². The number of hydrogen-bond donors (Lipinski definition) is 20. The molecule has 514 valence electrons.